The van der Waals surface area contributed by atoms with Crippen molar-refractivity contribution < 1.29 is 9.53 Å². The van der Waals surface area contributed by atoms with Gasteiger partial charge in [-0.25, -0.2) is 0 Å². The fraction of sp³-hybridized carbons (Fsp3) is 0.233. The summed E-state index contributed by atoms with van der Waals surface area (Å²) in [4.78, 5) is 16.0. The molecule has 0 radical (unpaired) electrons. The molecule has 1 spiro atoms. The zero-order valence-electron chi connectivity index (χ0n) is 20.6. The van der Waals surface area contributed by atoms with Crippen LogP contribution in [-0.4, -0.2) is 30.4 Å². The van der Waals surface area contributed by atoms with E-state index < -0.39 is 5.54 Å². The summed E-state index contributed by atoms with van der Waals surface area (Å²) in [5.41, 5.74) is 19.8. The highest BCUT2D eigenvalue weighted by atomic mass is 16.5. The van der Waals surface area contributed by atoms with Gasteiger partial charge in [-0.2, -0.15) is 0 Å². The lowest BCUT2D eigenvalue weighted by Gasteiger charge is -2.45. The van der Waals surface area contributed by atoms with E-state index in [1.807, 2.05) is 49.1 Å². The number of amides is 1. The Hall–Kier alpha value is -4.03. The monoisotopic (exact) mass is 478 g/mol. The van der Waals surface area contributed by atoms with Crippen molar-refractivity contribution in [2.75, 3.05) is 31.1 Å². The lowest BCUT2D eigenvalue weighted by Crippen LogP contribution is -2.49. The Morgan fingerprint density at radius 2 is 1.64 bits per heavy atom. The summed E-state index contributed by atoms with van der Waals surface area (Å²) < 4.78 is 6.40. The number of nitrogens with one attached hydrogen (secondary N) is 1. The molecule has 36 heavy (non-hydrogen) atoms. The predicted octanol–water partition coefficient (Wildman–Crippen LogP) is 4.80. The minimum atomic E-state index is -0.844. The van der Waals surface area contributed by atoms with Crippen molar-refractivity contribution in [1.29, 1.82) is 0 Å². The van der Waals surface area contributed by atoms with Crippen LogP contribution in [0.2, 0.25) is 0 Å². The molecule has 5 N–H and O–H groups in total. The van der Waals surface area contributed by atoms with Gasteiger partial charge < -0.3 is 26.4 Å². The lowest BCUT2D eigenvalue weighted by atomic mass is 9.74. The third kappa shape index (κ3) is 3.18. The second-order valence-electron chi connectivity index (χ2n) is 9.86. The minimum absolute atomic E-state index is 0.0110. The summed E-state index contributed by atoms with van der Waals surface area (Å²) in [7, 11) is 0. The molecule has 182 valence electrons. The highest BCUT2D eigenvalue weighted by Crippen LogP contribution is 2.58. The molecule has 6 heteroatoms. The minimum Gasteiger partial charge on any atom is -0.456 e. The van der Waals surface area contributed by atoms with Gasteiger partial charge in [0.25, 0.3) is 5.91 Å². The summed E-state index contributed by atoms with van der Waals surface area (Å²) in [6.45, 7) is 5.97. The molecular weight excluding hydrogens is 448 g/mol. The van der Waals surface area contributed by atoms with Crippen LogP contribution in [0.25, 0.3) is 0 Å². The summed E-state index contributed by atoms with van der Waals surface area (Å²) in [6.07, 6.45) is 7.37. The first-order valence-corrected chi connectivity index (χ1v) is 12.4. The molecule has 0 aromatic heterocycles. The molecule has 0 bridgehead atoms. The number of ether oxygens (including phenoxy) is 1. The van der Waals surface area contributed by atoms with Crippen LogP contribution < -0.4 is 21.5 Å². The average Bonchev–Trinajstić information content (AvgIpc) is 3.46. The molecule has 1 amide bonds. The van der Waals surface area contributed by atoms with Crippen molar-refractivity contribution >= 4 is 17.3 Å². The smallest absolute Gasteiger partial charge is 0.255 e. The van der Waals surface area contributed by atoms with E-state index in [1.54, 1.807) is 0 Å². The summed E-state index contributed by atoms with van der Waals surface area (Å²) in [5, 5.41) is 3.54. The quantitative estimate of drug-likeness (QED) is 0.362. The molecule has 0 atom stereocenters. The fourth-order valence-electron chi connectivity index (χ4n) is 5.75. The van der Waals surface area contributed by atoms with Crippen LogP contribution >= 0.6 is 0 Å². The Balaban J connectivity index is 1.54. The number of allylic oxidation sites excluding steroid dienone is 3. The van der Waals surface area contributed by atoms with Crippen molar-refractivity contribution in [2.24, 2.45) is 0 Å². The number of fused-ring (bicyclic) bond motifs is 6. The number of benzene rings is 3. The van der Waals surface area contributed by atoms with E-state index in [4.69, 9.17) is 16.2 Å². The van der Waals surface area contributed by atoms with Crippen LogP contribution in [-0.2, 0) is 5.54 Å². The second kappa shape index (κ2) is 8.28. The predicted molar refractivity (Wildman–Crippen MR) is 143 cm³/mol. The molecule has 0 unspecified atom stereocenters. The largest absolute Gasteiger partial charge is 0.456 e. The molecule has 2 aliphatic heterocycles. The fourth-order valence-corrected chi connectivity index (χ4v) is 5.75. The summed E-state index contributed by atoms with van der Waals surface area (Å²) in [6, 6.07) is 15.8. The number of nitrogen functional groups attached to an aromatic ring is 2. The molecule has 0 saturated carbocycles. The maximum absolute atomic E-state index is 14.0. The van der Waals surface area contributed by atoms with E-state index in [0.29, 0.717) is 41.5 Å². The number of hydrogen-bond acceptors (Lipinski definition) is 5. The molecule has 1 aliphatic carbocycles. The van der Waals surface area contributed by atoms with E-state index in [0.717, 1.165) is 40.8 Å². The second-order valence-corrected chi connectivity index (χ2v) is 9.86. The first-order valence-electron chi connectivity index (χ1n) is 12.4. The van der Waals surface area contributed by atoms with E-state index in [2.05, 4.69) is 41.7 Å². The van der Waals surface area contributed by atoms with Crippen molar-refractivity contribution in [1.82, 2.24) is 10.2 Å². The Labute approximate surface area is 211 Å². The average molecular weight is 479 g/mol. The van der Waals surface area contributed by atoms with Crippen LogP contribution in [0.15, 0.2) is 72.3 Å². The SMILES string of the molecule is Cc1cc2c(cc1N)Oc1cc(N)c(C)cc1C21c2ccccc2C(=O)N1CCNCC1=CC=CC1. The van der Waals surface area contributed by atoms with Gasteiger partial charge in [0.15, 0.2) is 0 Å². The highest BCUT2D eigenvalue weighted by molar-refractivity contribution is 6.02. The van der Waals surface area contributed by atoms with Gasteiger partial charge >= 0.3 is 0 Å². The number of nitrogens with two attached hydrogens (primary N) is 2. The number of hydrogen-bond donors (Lipinski definition) is 3. The number of aryl methyl sites for hydroxylation is 2. The van der Waals surface area contributed by atoms with Crippen LogP contribution in [0.5, 0.6) is 11.5 Å². The van der Waals surface area contributed by atoms with Crippen LogP contribution in [0.4, 0.5) is 11.4 Å². The molecule has 0 saturated heterocycles. The highest BCUT2D eigenvalue weighted by Gasteiger charge is 2.56. The Kier molecular flexibility index (Phi) is 5.16. The van der Waals surface area contributed by atoms with Crippen LogP contribution in [0.3, 0.4) is 0 Å². The number of nitrogens with zero attached hydrogens (tertiary/aromatic N) is 1. The van der Waals surface area contributed by atoms with Gasteiger partial charge in [0.1, 0.15) is 17.0 Å². The maximum Gasteiger partial charge on any atom is 0.255 e. The van der Waals surface area contributed by atoms with Gasteiger partial charge in [-0.05, 0) is 55.2 Å². The normalized spacial score (nSPS) is 16.6. The van der Waals surface area contributed by atoms with Gasteiger partial charge in [-0.15, -0.1) is 0 Å². The lowest BCUT2D eigenvalue weighted by molar-refractivity contribution is 0.0668. The molecule has 3 aromatic carbocycles. The van der Waals surface area contributed by atoms with E-state index >= 15 is 0 Å². The zero-order valence-corrected chi connectivity index (χ0v) is 20.6. The number of anilines is 2. The van der Waals surface area contributed by atoms with Gasteiger partial charge in [-0.3, -0.25) is 4.79 Å². The van der Waals surface area contributed by atoms with Crippen molar-refractivity contribution in [3.05, 3.63) is 106 Å². The number of carbonyl (C=O) groups is 1. The Morgan fingerprint density at radius 1 is 0.972 bits per heavy atom. The Morgan fingerprint density at radius 3 is 2.28 bits per heavy atom. The van der Waals surface area contributed by atoms with Crippen LogP contribution in [0.1, 0.15) is 44.6 Å². The van der Waals surface area contributed by atoms with Crippen molar-refractivity contribution in [2.45, 2.75) is 25.8 Å². The van der Waals surface area contributed by atoms with Gasteiger partial charge in [0.2, 0.25) is 0 Å². The third-order valence-electron chi connectivity index (χ3n) is 7.65. The molecular formula is C30H30N4O2. The van der Waals surface area contributed by atoms with Gasteiger partial charge in [0.05, 0.1) is 0 Å². The standard InChI is InChI=1S/C30H30N4O2/c1-18-13-23-27(15-25(18)31)36-28-16-26(32)19(2)14-24(28)30(23)22-10-6-5-9-21(22)29(35)34(30)12-11-33-17-20-7-3-4-8-20/h3-7,9-10,13-16,33H,8,11-12,17,31-32H2,1-2H3. The molecule has 3 aromatic rings. The summed E-state index contributed by atoms with van der Waals surface area (Å²) >= 11 is 0. The molecule has 6 rings (SSSR count). The topological polar surface area (TPSA) is 93.6 Å². The van der Waals surface area contributed by atoms with Crippen LogP contribution in [0, 0.1) is 13.8 Å². The first-order chi connectivity index (χ1) is 17.4. The summed E-state index contributed by atoms with van der Waals surface area (Å²) in [5.74, 6) is 1.31. The van der Waals surface area contributed by atoms with Crippen molar-refractivity contribution in [3.63, 3.8) is 0 Å². The van der Waals surface area contributed by atoms with E-state index in [9.17, 15) is 4.79 Å². The molecule has 0 fully saturated rings. The molecule has 3 aliphatic rings. The van der Waals surface area contributed by atoms with Gasteiger partial charge in [0, 0.05) is 59.8 Å². The molecule has 6 nitrogen and oxygen atoms in total. The van der Waals surface area contributed by atoms with Crippen molar-refractivity contribution in [3.8, 4) is 11.5 Å². The zero-order chi connectivity index (χ0) is 25.0. The molecule has 2 heterocycles. The third-order valence-corrected chi connectivity index (χ3v) is 7.65. The first kappa shape index (κ1) is 22.4. The maximum atomic E-state index is 14.0. The number of rotatable bonds is 5. The number of carbonyl (C=O) groups excluding carboxylic acids is 1. The Bertz CT molecular complexity index is 1410. The van der Waals surface area contributed by atoms with E-state index in [1.165, 1.54) is 5.57 Å². The van der Waals surface area contributed by atoms with Gasteiger partial charge in [-0.1, -0.05) is 42.0 Å². The van der Waals surface area contributed by atoms with E-state index in [-0.39, 0.29) is 5.91 Å².